The molecule has 1 saturated heterocycles. The molecule has 1 aromatic heterocycles. The second-order valence-electron chi connectivity index (χ2n) is 9.56. The molecule has 0 aromatic carbocycles. The van der Waals surface area contributed by atoms with E-state index in [2.05, 4.69) is 26.2 Å². The molecule has 0 bridgehead atoms. The van der Waals surface area contributed by atoms with E-state index < -0.39 is 0 Å². The van der Waals surface area contributed by atoms with E-state index in [1.807, 2.05) is 6.20 Å². The van der Waals surface area contributed by atoms with E-state index in [0.29, 0.717) is 18.9 Å². The second-order valence-corrected chi connectivity index (χ2v) is 9.56. The quantitative estimate of drug-likeness (QED) is 0.538. The summed E-state index contributed by atoms with van der Waals surface area (Å²) in [5, 5.41) is 3.20. The fourth-order valence-corrected chi connectivity index (χ4v) is 5.34. The SMILES string of the molecule is COC(CCC(=O)N[C@H]1CC[C@H](CCN2CCN(c3nccc4c3OCC4)CC2)CC1)OC. The number of pyridine rings is 1. The number of piperazine rings is 1. The van der Waals surface area contributed by atoms with Gasteiger partial charge in [-0.1, -0.05) is 0 Å². The van der Waals surface area contributed by atoms with Crippen molar-refractivity contribution < 1.29 is 19.0 Å². The maximum absolute atomic E-state index is 12.2. The molecule has 1 saturated carbocycles. The molecule has 184 valence electrons. The van der Waals surface area contributed by atoms with Crippen LogP contribution >= 0.6 is 0 Å². The smallest absolute Gasteiger partial charge is 0.220 e. The number of hydrogen-bond donors (Lipinski definition) is 1. The summed E-state index contributed by atoms with van der Waals surface area (Å²) in [5.41, 5.74) is 1.29. The van der Waals surface area contributed by atoms with Gasteiger partial charge in [0.25, 0.3) is 0 Å². The summed E-state index contributed by atoms with van der Waals surface area (Å²) in [6.45, 7) is 6.14. The topological polar surface area (TPSA) is 76.2 Å². The minimum absolute atomic E-state index is 0.111. The van der Waals surface area contributed by atoms with Crippen LogP contribution in [0.1, 0.15) is 50.5 Å². The average molecular weight is 461 g/mol. The summed E-state index contributed by atoms with van der Waals surface area (Å²) in [4.78, 5) is 21.8. The first kappa shape index (κ1) is 24.2. The summed E-state index contributed by atoms with van der Waals surface area (Å²) in [7, 11) is 3.21. The van der Waals surface area contributed by atoms with Crippen molar-refractivity contribution in [3.8, 4) is 5.75 Å². The van der Waals surface area contributed by atoms with Crippen molar-refractivity contribution in [1.82, 2.24) is 15.2 Å². The van der Waals surface area contributed by atoms with Crippen molar-refractivity contribution in [3.63, 3.8) is 0 Å². The lowest BCUT2D eigenvalue weighted by Crippen LogP contribution is -2.47. The maximum Gasteiger partial charge on any atom is 0.220 e. The van der Waals surface area contributed by atoms with Crippen LogP contribution in [0.5, 0.6) is 5.75 Å². The Morgan fingerprint density at radius 1 is 1.18 bits per heavy atom. The Hall–Kier alpha value is -1.90. The molecule has 1 amide bonds. The average Bonchev–Trinajstić information content (AvgIpc) is 3.34. The number of nitrogens with one attached hydrogen (secondary N) is 1. The first-order chi connectivity index (χ1) is 16.2. The number of carbonyl (C=O) groups excluding carboxylic acids is 1. The first-order valence-corrected chi connectivity index (χ1v) is 12.6. The van der Waals surface area contributed by atoms with Gasteiger partial charge in [0.05, 0.1) is 6.61 Å². The van der Waals surface area contributed by atoms with Crippen molar-refractivity contribution >= 4 is 11.7 Å². The Labute approximate surface area is 198 Å². The number of ether oxygens (including phenoxy) is 3. The highest BCUT2D eigenvalue weighted by molar-refractivity contribution is 5.76. The summed E-state index contributed by atoms with van der Waals surface area (Å²) in [6, 6.07) is 2.41. The van der Waals surface area contributed by atoms with Crippen molar-refractivity contribution in [2.75, 3.05) is 58.5 Å². The Bertz CT molecular complexity index is 757. The number of fused-ring (bicyclic) bond motifs is 1. The Kier molecular flexibility index (Phi) is 8.81. The predicted molar refractivity (Wildman–Crippen MR) is 128 cm³/mol. The normalized spacial score (nSPS) is 23.4. The number of rotatable bonds is 10. The predicted octanol–water partition coefficient (Wildman–Crippen LogP) is 2.60. The van der Waals surface area contributed by atoms with Crippen LogP contribution in [-0.4, -0.2) is 81.7 Å². The molecule has 3 aliphatic rings. The molecule has 2 fully saturated rings. The van der Waals surface area contributed by atoms with E-state index >= 15 is 0 Å². The summed E-state index contributed by atoms with van der Waals surface area (Å²) in [6.07, 6.45) is 9.52. The highest BCUT2D eigenvalue weighted by Crippen LogP contribution is 2.34. The van der Waals surface area contributed by atoms with E-state index in [1.165, 1.54) is 31.4 Å². The fourth-order valence-electron chi connectivity index (χ4n) is 5.34. The number of nitrogens with zero attached hydrogens (tertiary/aromatic N) is 3. The van der Waals surface area contributed by atoms with E-state index in [0.717, 1.165) is 69.5 Å². The third-order valence-corrected chi connectivity index (χ3v) is 7.46. The molecule has 3 heterocycles. The third-order valence-electron chi connectivity index (χ3n) is 7.46. The molecule has 0 radical (unpaired) electrons. The van der Waals surface area contributed by atoms with Gasteiger partial charge in [-0.15, -0.1) is 0 Å². The lowest BCUT2D eigenvalue weighted by Gasteiger charge is -2.37. The van der Waals surface area contributed by atoms with Gasteiger partial charge in [-0.25, -0.2) is 4.98 Å². The van der Waals surface area contributed by atoms with Gasteiger partial charge in [0.15, 0.2) is 17.9 Å². The molecular formula is C25H40N4O4. The van der Waals surface area contributed by atoms with Crippen LogP contribution in [0, 0.1) is 5.92 Å². The summed E-state index contributed by atoms with van der Waals surface area (Å²) >= 11 is 0. The standard InChI is InChI=1S/C25H40N4O4/c1-31-23(32-2)8-7-22(30)27-21-5-3-19(4-6-21)10-13-28-14-16-29(17-15-28)25-24-20(9-12-26-25)11-18-33-24/h9,12,19,21,23H,3-8,10-11,13-18H2,1-2H3,(H,27,30)/t19-,21-. The zero-order valence-electron chi connectivity index (χ0n) is 20.3. The van der Waals surface area contributed by atoms with Crippen LogP contribution in [0.2, 0.25) is 0 Å². The Morgan fingerprint density at radius 2 is 1.94 bits per heavy atom. The van der Waals surface area contributed by atoms with Gasteiger partial charge in [0, 0.05) is 77.5 Å². The minimum Gasteiger partial charge on any atom is -0.489 e. The van der Waals surface area contributed by atoms with Gasteiger partial charge in [0.1, 0.15) is 0 Å². The number of methoxy groups -OCH3 is 2. The molecular weight excluding hydrogens is 420 g/mol. The molecule has 1 N–H and O–H groups in total. The van der Waals surface area contributed by atoms with Crippen molar-refractivity contribution in [2.45, 2.75) is 63.7 Å². The molecule has 8 nitrogen and oxygen atoms in total. The van der Waals surface area contributed by atoms with Crippen LogP contribution in [0.15, 0.2) is 12.3 Å². The minimum atomic E-state index is -0.300. The number of aromatic nitrogens is 1. The van der Waals surface area contributed by atoms with Gasteiger partial charge >= 0.3 is 0 Å². The van der Waals surface area contributed by atoms with E-state index in [1.54, 1.807) is 14.2 Å². The molecule has 2 aliphatic heterocycles. The van der Waals surface area contributed by atoms with Crippen LogP contribution < -0.4 is 15.0 Å². The van der Waals surface area contributed by atoms with E-state index in [-0.39, 0.29) is 12.2 Å². The molecule has 0 atom stereocenters. The summed E-state index contributed by atoms with van der Waals surface area (Å²) in [5.74, 6) is 2.92. The van der Waals surface area contributed by atoms with E-state index in [9.17, 15) is 4.79 Å². The zero-order valence-corrected chi connectivity index (χ0v) is 20.3. The van der Waals surface area contributed by atoms with Crippen LogP contribution in [-0.2, 0) is 20.7 Å². The molecule has 8 heteroatoms. The van der Waals surface area contributed by atoms with Crippen LogP contribution in [0.4, 0.5) is 5.82 Å². The molecule has 1 aromatic rings. The summed E-state index contributed by atoms with van der Waals surface area (Å²) < 4.78 is 16.2. The van der Waals surface area contributed by atoms with Crippen LogP contribution in [0.25, 0.3) is 0 Å². The zero-order chi connectivity index (χ0) is 23.0. The van der Waals surface area contributed by atoms with Gasteiger partial charge < -0.3 is 24.4 Å². The Balaban J connectivity index is 1.11. The van der Waals surface area contributed by atoms with Gasteiger partial charge in [-0.3, -0.25) is 9.69 Å². The highest BCUT2D eigenvalue weighted by Gasteiger charge is 2.26. The number of amides is 1. The monoisotopic (exact) mass is 460 g/mol. The van der Waals surface area contributed by atoms with Gasteiger partial charge in [-0.2, -0.15) is 0 Å². The number of carbonyl (C=O) groups is 1. The Morgan fingerprint density at radius 3 is 2.67 bits per heavy atom. The third kappa shape index (κ3) is 6.58. The lowest BCUT2D eigenvalue weighted by molar-refractivity contribution is -0.129. The fraction of sp³-hybridized carbons (Fsp3) is 0.760. The highest BCUT2D eigenvalue weighted by atomic mass is 16.7. The largest absolute Gasteiger partial charge is 0.489 e. The van der Waals surface area contributed by atoms with Gasteiger partial charge in [-0.05, 0) is 50.6 Å². The van der Waals surface area contributed by atoms with Gasteiger partial charge in [0.2, 0.25) is 5.91 Å². The van der Waals surface area contributed by atoms with Crippen LogP contribution in [0.3, 0.4) is 0 Å². The lowest BCUT2D eigenvalue weighted by atomic mass is 9.84. The molecule has 4 rings (SSSR count). The van der Waals surface area contributed by atoms with Crippen molar-refractivity contribution in [2.24, 2.45) is 5.92 Å². The molecule has 33 heavy (non-hydrogen) atoms. The van der Waals surface area contributed by atoms with E-state index in [4.69, 9.17) is 14.2 Å². The van der Waals surface area contributed by atoms with Crippen molar-refractivity contribution in [1.29, 1.82) is 0 Å². The number of hydrogen-bond acceptors (Lipinski definition) is 7. The number of anilines is 1. The molecule has 1 aliphatic carbocycles. The first-order valence-electron chi connectivity index (χ1n) is 12.6. The second kappa shape index (κ2) is 12.0. The molecule has 0 unspecified atom stereocenters. The molecule has 0 spiro atoms. The van der Waals surface area contributed by atoms with Crippen molar-refractivity contribution in [3.05, 3.63) is 17.8 Å². The maximum atomic E-state index is 12.2.